The van der Waals surface area contributed by atoms with E-state index in [1.165, 1.54) is 218 Å². The molecular weight excluding hydrogens is 957 g/mol. The van der Waals surface area contributed by atoms with Crippen molar-refractivity contribution in [2.24, 2.45) is 0 Å². The summed E-state index contributed by atoms with van der Waals surface area (Å²) in [5, 5.41) is 72.4. The molecule has 0 aliphatic carbocycles. The highest BCUT2D eigenvalue weighted by molar-refractivity contribution is 5.69. The van der Waals surface area contributed by atoms with Gasteiger partial charge in [-0.25, -0.2) is 0 Å². The van der Waals surface area contributed by atoms with E-state index in [1.807, 2.05) is 0 Å². The summed E-state index contributed by atoms with van der Waals surface area (Å²) in [7, 11) is 0. The fourth-order valence-corrected chi connectivity index (χ4v) is 10.5. The highest BCUT2D eigenvalue weighted by Crippen LogP contribution is 2.27. The highest BCUT2D eigenvalue weighted by atomic mass is 16.7. The largest absolute Gasteiger partial charge is 0.457 e. The van der Waals surface area contributed by atoms with Gasteiger partial charge in [0.15, 0.2) is 12.6 Å². The first-order chi connectivity index (χ1) is 36.6. The lowest BCUT2D eigenvalue weighted by Crippen LogP contribution is -2.61. The zero-order valence-electron chi connectivity index (χ0n) is 48.1. The Morgan fingerprint density at radius 3 is 1.08 bits per heavy atom. The van der Waals surface area contributed by atoms with E-state index in [2.05, 4.69) is 13.8 Å². The normalized spacial score (nSPS) is 24.5. The Balaban J connectivity index is 1.66. The van der Waals surface area contributed by atoms with Gasteiger partial charge in [-0.05, 0) is 12.8 Å². The van der Waals surface area contributed by atoms with Crippen molar-refractivity contribution in [2.45, 2.75) is 351 Å². The van der Waals surface area contributed by atoms with Crippen LogP contribution in [-0.4, -0.2) is 142 Å². The molecule has 0 aromatic carbocycles. The molecule has 7 N–H and O–H groups in total. The van der Waals surface area contributed by atoms with Crippen molar-refractivity contribution in [2.75, 3.05) is 33.0 Å². The van der Waals surface area contributed by atoms with Crippen LogP contribution in [0.3, 0.4) is 0 Å². The molecule has 0 aromatic rings. The Kier molecular flexibility index (Phi) is 45.7. The first-order valence-corrected chi connectivity index (χ1v) is 31.6. The molecule has 2 saturated heterocycles. The molecule has 0 spiro atoms. The highest BCUT2D eigenvalue weighted by Gasteiger charge is 2.47. The fourth-order valence-electron chi connectivity index (χ4n) is 10.5. The molecule has 2 heterocycles. The number of aliphatic hydroxyl groups is 7. The van der Waals surface area contributed by atoms with E-state index in [1.54, 1.807) is 0 Å². The smallest absolute Gasteiger partial charge is 0.306 e. The van der Waals surface area contributed by atoms with Crippen LogP contribution in [0.4, 0.5) is 0 Å². The first-order valence-electron chi connectivity index (χ1n) is 31.6. The van der Waals surface area contributed by atoms with Gasteiger partial charge in [-0.2, -0.15) is 0 Å². The number of hydrogen-bond donors (Lipinski definition) is 7. The molecule has 446 valence electrons. The van der Waals surface area contributed by atoms with Gasteiger partial charge < -0.3 is 64.2 Å². The summed E-state index contributed by atoms with van der Waals surface area (Å²) < 4.78 is 34.5. The van der Waals surface area contributed by atoms with E-state index in [0.29, 0.717) is 6.61 Å². The number of ether oxygens (including phenoxy) is 6. The first kappa shape index (κ1) is 70.1. The summed E-state index contributed by atoms with van der Waals surface area (Å²) in [6.07, 6.45) is 37.4. The van der Waals surface area contributed by atoms with Crippen LogP contribution in [0.15, 0.2) is 0 Å². The SMILES string of the molecule is CCCCCCCCCCCCCCCCCCCCCCCCCCC(=O)OC(COCCCCCCCCCCCCCCCCCCC)COC1OC(COC2OC(CO)C(O)C(O)C2O)C(O)C(O)C1O. The minimum atomic E-state index is -1.70. The molecule has 2 rings (SSSR count). The lowest BCUT2D eigenvalue weighted by atomic mass is 9.98. The van der Waals surface area contributed by atoms with E-state index in [-0.39, 0.29) is 25.6 Å². The van der Waals surface area contributed by atoms with Gasteiger partial charge in [-0.15, -0.1) is 0 Å². The van der Waals surface area contributed by atoms with Crippen LogP contribution >= 0.6 is 0 Å². The average molecular weight is 1080 g/mol. The van der Waals surface area contributed by atoms with Crippen LogP contribution in [0.1, 0.15) is 284 Å². The molecule has 0 amide bonds. The number of carbonyl (C=O) groups excluding carboxylic acids is 1. The monoisotopic (exact) mass is 1070 g/mol. The number of esters is 1. The fraction of sp³-hybridized carbons (Fsp3) is 0.984. The van der Waals surface area contributed by atoms with Gasteiger partial charge in [0.1, 0.15) is 54.9 Å². The maximum absolute atomic E-state index is 13.1. The van der Waals surface area contributed by atoms with Crippen molar-refractivity contribution in [3.63, 3.8) is 0 Å². The quantitative estimate of drug-likeness (QED) is 0.0223. The van der Waals surface area contributed by atoms with Crippen molar-refractivity contribution in [1.29, 1.82) is 0 Å². The third kappa shape index (κ3) is 35.4. The van der Waals surface area contributed by atoms with Crippen LogP contribution in [0.5, 0.6) is 0 Å². The molecule has 11 unspecified atom stereocenters. The second kappa shape index (κ2) is 48.9. The lowest BCUT2D eigenvalue weighted by Gasteiger charge is -2.42. The maximum atomic E-state index is 13.1. The average Bonchev–Trinajstić information content (AvgIpc) is 3.41. The van der Waals surface area contributed by atoms with Crippen LogP contribution in [0.25, 0.3) is 0 Å². The van der Waals surface area contributed by atoms with Gasteiger partial charge in [0, 0.05) is 13.0 Å². The molecule has 2 aliphatic heterocycles. The van der Waals surface area contributed by atoms with Crippen molar-refractivity contribution in [1.82, 2.24) is 0 Å². The molecule has 0 aromatic heterocycles. The van der Waals surface area contributed by atoms with Crippen molar-refractivity contribution in [3.05, 3.63) is 0 Å². The molecule has 2 aliphatic rings. The summed E-state index contributed by atoms with van der Waals surface area (Å²) in [5.41, 5.74) is 0. The van der Waals surface area contributed by atoms with Gasteiger partial charge in [0.05, 0.1) is 26.4 Å². The van der Waals surface area contributed by atoms with Gasteiger partial charge in [0.2, 0.25) is 0 Å². The minimum Gasteiger partial charge on any atom is -0.457 e. The Bertz CT molecular complexity index is 1250. The molecule has 11 atom stereocenters. The van der Waals surface area contributed by atoms with Crippen molar-refractivity contribution >= 4 is 5.97 Å². The van der Waals surface area contributed by atoms with E-state index in [4.69, 9.17) is 28.4 Å². The minimum absolute atomic E-state index is 0.0711. The number of hydrogen-bond acceptors (Lipinski definition) is 14. The van der Waals surface area contributed by atoms with E-state index >= 15 is 0 Å². The summed E-state index contributed by atoms with van der Waals surface area (Å²) in [6, 6.07) is 0. The van der Waals surface area contributed by atoms with Crippen molar-refractivity contribution < 1.29 is 69.0 Å². The molecule has 75 heavy (non-hydrogen) atoms. The van der Waals surface area contributed by atoms with Crippen LogP contribution < -0.4 is 0 Å². The lowest BCUT2D eigenvalue weighted by molar-refractivity contribution is -0.332. The molecule has 0 saturated carbocycles. The second-order valence-electron chi connectivity index (χ2n) is 22.6. The Hall–Kier alpha value is -1.01. The Morgan fingerprint density at radius 1 is 0.387 bits per heavy atom. The Morgan fingerprint density at radius 2 is 0.707 bits per heavy atom. The summed E-state index contributed by atoms with van der Waals surface area (Å²) >= 11 is 0. The van der Waals surface area contributed by atoms with Gasteiger partial charge >= 0.3 is 5.97 Å². The number of unbranched alkanes of at least 4 members (excludes halogenated alkanes) is 39. The van der Waals surface area contributed by atoms with Crippen molar-refractivity contribution in [3.8, 4) is 0 Å². The zero-order valence-corrected chi connectivity index (χ0v) is 48.1. The molecule has 2 fully saturated rings. The second-order valence-corrected chi connectivity index (χ2v) is 22.6. The number of aliphatic hydroxyl groups excluding tert-OH is 7. The molecule has 14 heteroatoms. The van der Waals surface area contributed by atoms with E-state index in [0.717, 1.165) is 44.9 Å². The number of carbonyl (C=O) groups is 1. The van der Waals surface area contributed by atoms with Gasteiger partial charge in [-0.3, -0.25) is 4.79 Å². The Labute approximate surface area is 457 Å². The zero-order chi connectivity index (χ0) is 54.4. The van der Waals surface area contributed by atoms with Crippen LogP contribution in [-0.2, 0) is 33.2 Å². The molecule has 14 nitrogen and oxygen atoms in total. The number of rotatable bonds is 53. The maximum Gasteiger partial charge on any atom is 0.306 e. The van der Waals surface area contributed by atoms with Gasteiger partial charge in [-0.1, -0.05) is 264 Å². The molecule has 0 radical (unpaired) electrons. The summed E-state index contributed by atoms with van der Waals surface area (Å²) in [5.74, 6) is -0.366. The van der Waals surface area contributed by atoms with Gasteiger partial charge in [0.25, 0.3) is 0 Å². The van der Waals surface area contributed by atoms with Crippen LogP contribution in [0.2, 0.25) is 0 Å². The summed E-state index contributed by atoms with van der Waals surface area (Å²) in [4.78, 5) is 13.1. The topological polar surface area (TPSA) is 214 Å². The van der Waals surface area contributed by atoms with Crippen LogP contribution in [0, 0.1) is 0 Å². The predicted octanol–water partition coefficient (Wildman–Crippen LogP) is 12.0. The predicted molar refractivity (Wildman–Crippen MR) is 298 cm³/mol. The third-order valence-corrected chi connectivity index (χ3v) is 15.6. The third-order valence-electron chi connectivity index (χ3n) is 15.6. The summed E-state index contributed by atoms with van der Waals surface area (Å²) in [6.45, 7) is 3.78. The van der Waals surface area contributed by atoms with E-state index < -0.39 is 80.7 Å². The standard InChI is InChI=1S/C61H118O14/c1-3-5-7-9-11-13-15-17-19-21-22-23-24-25-26-27-28-30-32-34-36-38-40-42-44-53(63)73-50(47-70-45-43-41-39-37-35-33-31-29-20-18-16-14-12-10-8-6-4-2)48-71-60-59(69)57(67)55(65)52(75-60)49-72-61-58(68)56(66)54(64)51(46-62)74-61/h50-52,54-62,64-69H,3-49H2,1-2H3. The molecular formula is C61H118O14. The molecule has 0 bridgehead atoms. The van der Waals surface area contributed by atoms with E-state index in [9.17, 15) is 40.5 Å².